The molecule has 1 atom stereocenters. The van der Waals surface area contributed by atoms with Crippen molar-refractivity contribution in [2.75, 3.05) is 21.3 Å². The molecule has 1 unspecified atom stereocenters. The summed E-state index contributed by atoms with van der Waals surface area (Å²) in [7, 11) is 4.60. The lowest BCUT2D eigenvalue weighted by Gasteiger charge is -2.25. The first kappa shape index (κ1) is 26.3. The zero-order chi connectivity index (χ0) is 26.9. The molecular weight excluding hydrogens is 490 g/mol. The Morgan fingerprint density at radius 2 is 1.62 bits per heavy atom. The first-order chi connectivity index (χ1) is 17.6. The quantitative estimate of drug-likeness (QED) is 0.244. The van der Waals surface area contributed by atoms with Gasteiger partial charge in [0.1, 0.15) is 11.5 Å². The minimum Gasteiger partial charge on any atom is -0.507 e. The van der Waals surface area contributed by atoms with Gasteiger partial charge in [0.25, 0.3) is 11.7 Å². The summed E-state index contributed by atoms with van der Waals surface area (Å²) in [5.41, 5.74) is 1.93. The van der Waals surface area contributed by atoms with Crippen LogP contribution in [0.5, 0.6) is 17.2 Å². The fourth-order valence-electron chi connectivity index (χ4n) is 4.47. The van der Waals surface area contributed by atoms with E-state index in [2.05, 4.69) is 20.8 Å². The van der Waals surface area contributed by atoms with E-state index in [0.29, 0.717) is 22.8 Å². The van der Waals surface area contributed by atoms with Crippen molar-refractivity contribution in [3.8, 4) is 17.2 Å². The summed E-state index contributed by atoms with van der Waals surface area (Å²) in [6.07, 6.45) is 0. The highest BCUT2D eigenvalue weighted by atomic mass is 32.1. The summed E-state index contributed by atoms with van der Waals surface area (Å²) in [6.45, 7) is 6.33. The Morgan fingerprint density at radius 1 is 0.946 bits per heavy atom. The number of hydrogen-bond donors (Lipinski definition) is 1. The zero-order valence-corrected chi connectivity index (χ0v) is 22.6. The van der Waals surface area contributed by atoms with Crippen LogP contribution < -0.4 is 14.2 Å². The molecule has 3 aromatic rings. The molecule has 1 N–H and O–H groups in total. The Bertz CT molecular complexity index is 1350. The van der Waals surface area contributed by atoms with E-state index in [0.717, 1.165) is 16.0 Å². The standard InChI is InChI=1S/C29H31NO6S/c1-29(2,3)18-10-12-20(34-4)19(15-18)26(31)24-25(23-8-7-13-37-23)30(28(33)27(24)32)16-17-9-11-21(35-5)22(14-17)36-6/h7-15,25,31H,16H2,1-6H3/b26-24+. The van der Waals surface area contributed by atoms with Gasteiger partial charge in [0.2, 0.25) is 0 Å². The fourth-order valence-corrected chi connectivity index (χ4v) is 5.31. The van der Waals surface area contributed by atoms with Crippen LogP contribution >= 0.6 is 11.3 Å². The fraction of sp³-hybridized carbons (Fsp3) is 0.310. The third-order valence-electron chi connectivity index (χ3n) is 6.47. The molecule has 1 amide bonds. The highest BCUT2D eigenvalue weighted by Gasteiger charge is 2.47. The van der Waals surface area contributed by atoms with Crippen LogP contribution in [0.4, 0.5) is 0 Å². The molecule has 2 heterocycles. The van der Waals surface area contributed by atoms with Crippen molar-refractivity contribution in [3.63, 3.8) is 0 Å². The average molecular weight is 522 g/mol. The summed E-state index contributed by atoms with van der Waals surface area (Å²) in [4.78, 5) is 29.1. The number of aliphatic hydroxyl groups excluding tert-OH is 1. The van der Waals surface area contributed by atoms with Crippen LogP contribution in [0.2, 0.25) is 0 Å². The Labute approximate surface area is 220 Å². The molecule has 0 radical (unpaired) electrons. The van der Waals surface area contributed by atoms with Gasteiger partial charge in [-0.15, -0.1) is 11.3 Å². The van der Waals surface area contributed by atoms with Gasteiger partial charge in [-0.1, -0.05) is 39.0 Å². The summed E-state index contributed by atoms with van der Waals surface area (Å²) in [5.74, 6) is -0.168. The van der Waals surface area contributed by atoms with E-state index in [-0.39, 0.29) is 23.3 Å². The van der Waals surface area contributed by atoms with Crippen LogP contribution in [0.15, 0.2) is 59.5 Å². The van der Waals surface area contributed by atoms with Gasteiger partial charge < -0.3 is 24.2 Å². The number of likely N-dealkylation sites (tertiary alicyclic amines) is 1. The number of amides is 1. The van der Waals surface area contributed by atoms with Crippen molar-refractivity contribution < 1.29 is 28.9 Å². The van der Waals surface area contributed by atoms with Gasteiger partial charge in [0, 0.05) is 11.4 Å². The van der Waals surface area contributed by atoms with Crippen molar-refractivity contribution in [1.82, 2.24) is 4.90 Å². The second kappa shape index (κ2) is 10.3. The molecule has 1 saturated heterocycles. The van der Waals surface area contributed by atoms with E-state index in [9.17, 15) is 14.7 Å². The van der Waals surface area contributed by atoms with E-state index in [1.165, 1.54) is 23.3 Å². The lowest BCUT2D eigenvalue weighted by atomic mass is 9.85. The predicted octanol–water partition coefficient (Wildman–Crippen LogP) is 5.69. The van der Waals surface area contributed by atoms with Gasteiger partial charge in [-0.25, -0.2) is 0 Å². The molecule has 2 aromatic carbocycles. The molecule has 1 fully saturated rings. The highest BCUT2D eigenvalue weighted by Crippen LogP contribution is 2.44. The van der Waals surface area contributed by atoms with Crippen molar-refractivity contribution in [3.05, 3.63) is 81.1 Å². The highest BCUT2D eigenvalue weighted by molar-refractivity contribution is 7.10. The number of ketones is 1. The SMILES string of the molecule is COc1ccc(CN2C(=O)C(=O)/C(=C(/O)c3cc(C(C)(C)C)ccc3OC)C2c2cccs2)cc1OC. The number of methoxy groups -OCH3 is 3. The second-order valence-electron chi connectivity index (χ2n) is 9.80. The summed E-state index contributed by atoms with van der Waals surface area (Å²) >= 11 is 1.42. The van der Waals surface area contributed by atoms with E-state index in [4.69, 9.17) is 14.2 Å². The summed E-state index contributed by atoms with van der Waals surface area (Å²) in [6, 6.07) is 13.8. The maximum Gasteiger partial charge on any atom is 0.295 e. The van der Waals surface area contributed by atoms with Gasteiger partial charge in [0.15, 0.2) is 11.5 Å². The molecule has 0 spiro atoms. The van der Waals surface area contributed by atoms with Crippen molar-refractivity contribution >= 4 is 28.8 Å². The number of aliphatic hydroxyl groups is 1. The van der Waals surface area contributed by atoms with Crippen molar-refractivity contribution in [2.45, 2.75) is 38.8 Å². The molecule has 37 heavy (non-hydrogen) atoms. The van der Waals surface area contributed by atoms with Gasteiger partial charge in [0.05, 0.1) is 38.5 Å². The van der Waals surface area contributed by atoms with Crippen LogP contribution in [0.25, 0.3) is 5.76 Å². The first-order valence-corrected chi connectivity index (χ1v) is 12.7. The van der Waals surface area contributed by atoms with E-state index >= 15 is 0 Å². The molecule has 1 aromatic heterocycles. The number of nitrogens with zero attached hydrogens (tertiary/aromatic N) is 1. The average Bonchev–Trinajstić information content (AvgIpc) is 3.50. The molecule has 1 aliphatic rings. The molecule has 194 valence electrons. The van der Waals surface area contributed by atoms with Crippen LogP contribution in [-0.2, 0) is 21.5 Å². The van der Waals surface area contributed by atoms with Gasteiger partial charge in [-0.3, -0.25) is 9.59 Å². The minimum atomic E-state index is -0.754. The molecule has 7 nitrogen and oxygen atoms in total. The summed E-state index contributed by atoms with van der Waals surface area (Å²) in [5, 5.41) is 13.5. The molecule has 0 aliphatic carbocycles. The number of Topliss-reactive ketones (excluding diaryl/α,β-unsaturated/α-hetero) is 1. The van der Waals surface area contributed by atoms with Crippen LogP contribution in [-0.4, -0.2) is 43.0 Å². The number of carbonyl (C=O) groups excluding carboxylic acids is 2. The molecule has 0 bridgehead atoms. The number of ether oxygens (including phenoxy) is 3. The van der Waals surface area contributed by atoms with Crippen molar-refractivity contribution in [1.29, 1.82) is 0 Å². The normalized spacial score (nSPS) is 17.2. The number of rotatable bonds is 7. The first-order valence-electron chi connectivity index (χ1n) is 11.8. The molecule has 1 aliphatic heterocycles. The van der Waals surface area contributed by atoms with Gasteiger partial charge in [-0.05, 0) is 52.3 Å². The maximum absolute atomic E-state index is 13.4. The van der Waals surface area contributed by atoms with E-state index in [1.807, 2.05) is 35.7 Å². The van der Waals surface area contributed by atoms with Crippen molar-refractivity contribution in [2.24, 2.45) is 0 Å². The minimum absolute atomic E-state index is 0.0392. The third kappa shape index (κ3) is 4.93. The Morgan fingerprint density at radius 3 is 2.22 bits per heavy atom. The van der Waals surface area contributed by atoms with Crippen LogP contribution in [0, 0.1) is 0 Å². The monoisotopic (exact) mass is 521 g/mol. The van der Waals surface area contributed by atoms with Gasteiger partial charge >= 0.3 is 0 Å². The molecule has 4 rings (SSSR count). The number of hydrogen-bond acceptors (Lipinski definition) is 7. The largest absolute Gasteiger partial charge is 0.507 e. The zero-order valence-electron chi connectivity index (χ0n) is 21.8. The third-order valence-corrected chi connectivity index (χ3v) is 7.40. The van der Waals surface area contributed by atoms with E-state index in [1.54, 1.807) is 32.4 Å². The number of benzene rings is 2. The lowest BCUT2D eigenvalue weighted by Crippen LogP contribution is -2.28. The molecule has 8 heteroatoms. The smallest absolute Gasteiger partial charge is 0.295 e. The van der Waals surface area contributed by atoms with E-state index < -0.39 is 17.7 Å². The number of thiophene rings is 1. The predicted molar refractivity (Wildman–Crippen MR) is 143 cm³/mol. The Kier molecular flexibility index (Phi) is 7.32. The lowest BCUT2D eigenvalue weighted by molar-refractivity contribution is -0.140. The van der Waals surface area contributed by atoms with Crippen LogP contribution in [0.1, 0.15) is 48.4 Å². The molecule has 0 saturated carbocycles. The molecular formula is C29H31NO6S. The Hall–Kier alpha value is -3.78. The van der Waals surface area contributed by atoms with Gasteiger partial charge in [-0.2, -0.15) is 0 Å². The second-order valence-corrected chi connectivity index (χ2v) is 10.8. The summed E-state index contributed by atoms with van der Waals surface area (Å²) < 4.78 is 16.3. The Balaban J connectivity index is 1.86. The number of carbonyl (C=O) groups is 2. The topological polar surface area (TPSA) is 85.3 Å². The maximum atomic E-state index is 13.4. The van der Waals surface area contributed by atoms with Crippen LogP contribution in [0.3, 0.4) is 0 Å².